The maximum absolute atomic E-state index is 11.2. The van der Waals surface area contributed by atoms with Crippen LogP contribution in [-0.2, 0) is 19.2 Å². The molecule has 0 bridgehead atoms. The first-order valence-electron chi connectivity index (χ1n) is 4.49. The molecular weight excluding hydrogens is 204 g/mol. The third kappa shape index (κ3) is 2.31. The minimum atomic E-state index is -1.43. The average Bonchev–Trinajstić information content (AvgIpc) is 2.43. The number of amides is 2. The van der Waals surface area contributed by atoms with Crippen LogP contribution in [0.15, 0.2) is 0 Å². The fraction of sp³-hybridized carbons (Fsp3) is 0.625. The zero-order valence-electron chi connectivity index (χ0n) is 8.17. The molecule has 0 aromatic heterocycles. The van der Waals surface area contributed by atoms with Gasteiger partial charge in [0.15, 0.2) is 0 Å². The van der Waals surface area contributed by atoms with Gasteiger partial charge < -0.3 is 15.7 Å². The molecule has 2 amide bonds. The first-order chi connectivity index (χ1) is 6.97. The highest BCUT2D eigenvalue weighted by atomic mass is 16.7. The predicted octanol–water partition coefficient (Wildman–Crippen LogP) is -1.70. The average molecular weight is 216 g/mol. The van der Waals surface area contributed by atoms with E-state index in [1.807, 2.05) is 0 Å². The second-order valence-electron chi connectivity index (χ2n) is 3.17. The Hall–Kier alpha value is -1.47. The molecule has 1 aliphatic rings. The summed E-state index contributed by atoms with van der Waals surface area (Å²) in [5.74, 6) is -2.55. The summed E-state index contributed by atoms with van der Waals surface area (Å²) in [5.41, 5.74) is 5.33. The molecule has 0 spiro atoms. The normalized spacial score (nSPS) is 23.1. The van der Waals surface area contributed by atoms with Gasteiger partial charge in [-0.15, -0.1) is 0 Å². The number of hydrogen-bond acceptors (Lipinski definition) is 6. The summed E-state index contributed by atoms with van der Waals surface area (Å²) in [4.78, 5) is 37.8. The van der Waals surface area contributed by atoms with Crippen molar-refractivity contribution in [2.75, 3.05) is 0 Å². The van der Waals surface area contributed by atoms with E-state index in [1.54, 1.807) is 6.92 Å². The molecule has 1 saturated heterocycles. The Bertz CT molecular complexity index is 303. The van der Waals surface area contributed by atoms with Gasteiger partial charge in [0.25, 0.3) is 11.8 Å². The molecule has 0 radical (unpaired) electrons. The largest absolute Gasteiger partial charge is 0.383 e. The highest BCUT2D eigenvalue weighted by Crippen LogP contribution is 2.13. The van der Waals surface area contributed by atoms with E-state index in [2.05, 4.69) is 4.84 Å². The summed E-state index contributed by atoms with van der Waals surface area (Å²) in [6.07, 6.45) is -1.46. The molecule has 2 unspecified atom stereocenters. The summed E-state index contributed by atoms with van der Waals surface area (Å²) in [5, 5.41) is 9.28. The first kappa shape index (κ1) is 11.6. The minimum absolute atomic E-state index is 0.266. The van der Waals surface area contributed by atoms with Crippen LogP contribution in [0.5, 0.6) is 0 Å². The number of aliphatic hydroxyl groups is 1. The number of hydroxylamine groups is 2. The van der Waals surface area contributed by atoms with Crippen molar-refractivity contribution in [1.82, 2.24) is 5.06 Å². The van der Waals surface area contributed by atoms with Crippen LogP contribution in [0.2, 0.25) is 0 Å². The van der Waals surface area contributed by atoms with E-state index in [9.17, 15) is 14.4 Å². The van der Waals surface area contributed by atoms with Gasteiger partial charge in [-0.25, -0.2) is 4.79 Å². The Morgan fingerprint density at radius 3 is 2.73 bits per heavy atom. The van der Waals surface area contributed by atoms with Gasteiger partial charge in [0.05, 0.1) is 6.42 Å². The smallest absolute Gasteiger partial charge is 0.349 e. The van der Waals surface area contributed by atoms with E-state index in [4.69, 9.17) is 10.8 Å². The SMILES string of the molecule is CCC(N)C(=O)ON1C(=O)CC(O)C1=O. The quantitative estimate of drug-likeness (QED) is 0.544. The summed E-state index contributed by atoms with van der Waals surface area (Å²) in [7, 11) is 0. The van der Waals surface area contributed by atoms with E-state index in [1.165, 1.54) is 0 Å². The molecule has 1 aliphatic heterocycles. The van der Waals surface area contributed by atoms with Gasteiger partial charge in [0.1, 0.15) is 12.1 Å². The fourth-order valence-corrected chi connectivity index (χ4v) is 1.01. The van der Waals surface area contributed by atoms with Crippen LogP contribution in [0.3, 0.4) is 0 Å². The highest BCUT2D eigenvalue weighted by molar-refractivity contribution is 6.04. The molecule has 0 aliphatic carbocycles. The second-order valence-corrected chi connectivity index (χ2v) is 3.17. The lowest BCUT2D eigenvalue weighted by molar-refractivity contribution is -0.199. The van der Waals surface area contributed by atoms with Crippen molar-refractivity contribution in [1.29, 1.82) is 0 Å². The topological polar surface area (TPSA) is 110 Å². The molecule has 0 saturated carbocycles. The molecule has 84 valence electrons. The fourth-order valence-electron chi connectivity index (χ4n) is 1.01. The minimum Gasteiger partial charge on any atom is -0.383 e. The maximum Gasteiger partial charge on any atom is 0.349 e. The summed E-state index contributed by atoms with van der Waals surface area (Å²) >= 11 is 0. The molecular formula is C8H12N2O5. The molecule has 3 N–H and O–H groups in total. The van der Waals surface area contributed by atoms with Crippen molar-refractivity contribution < 1.29 is 24.3 Å². The van der Waals surface area contributed by atoms with Crippen molar-refractivity contribution in [2.24, 2.45) is 5.73 Å². The van der Waals surface area contributed by atoms with E-state index in [0.29, 0.717) is 6.42 Å². The molecule has 0 aromatic rings. The number of nitrogens with zero attached hydrogens (tertiary/aromatic N) is 1. The molecule has 1 heterocycles. The number of imide groups is 1. The first-order valence-corrected chi connectivity index (χ1v) is 4.49. The molecule has 0 aromatic carbocycles. The van der Waals surface area contributed by atoms with Crippen molar-refractivity contribution in [2.45, 2.75) is 31.9 Å². The maximum atomic E-state index is 11.2. The number of hydrogen-bond donors (Lipinski definition) is 2. The van der Waals surface area contributed by atoms with Gasteiger partial charge in [-0.3, -0.25) is 9.59 Å². The van der Waals surface area contributed by atoms with Crippen LogP contribution in [0.4, 0.5) is 0 Å². The van der Waals surface area contributed by atoms with Gasteiger partial charge in [-0.05, 0) is 6.42 Å². The monoisotopic (exact) mass is 216 g/mol. The van der Waals surface area contributed by atoms with Crippen molar-refractivity contribution in [3.63, 3.8) is 0 Å². The number of aliphatic hydroxyl groups excluding tert-OH is 1. The van der Waals surface area contributed by atoms with Crippen molar-refractivity contribution in [3.8, 4) is 0 Å². The van der Waals surface area contributed by atoms with E-state index >= 15 is 0 Å². The van der Waals surface area contributed by atoms with Gasteiger partial charge >= 0.3 is 5.97 Å². The molecule has 1 fully saturated rings. The number of carbonyl (C=O) groups excluding carboxylic acids is 3. The molecule has 1 rings (SSSR count). The van der Waals surface area contributed by atoms with Crippen LogP contribution >= 0.6 is 0 Å². The van der Waals surface area contributed by atoms with Crippen LogP contribution in [0, 0.1) is 0 Å². The zero-order chi connectivity index (χ0) is 11.6. The Morgan fingerprint density at radius 1 is 1.73 bits per heavy atom. The van der Waals surface area contributed by atoms with E-state index in [-0.39, 0.29) is 11.5 Å². The molecule has 2 atom stereocenters. The van der Waals surface area contributed by atoms with E-state index in [0.717, 1.165) is 0 Å². The van der Waals surface area contributed by atoms with Crippen LogP contribution in [0.25, 0.3) is 0 Å². The number of nitrogens with two attached hydrogens (primary N) is 1. The lowest BCUT2D eigenvalue weighted by Gasteiger charge is -2.15. The highest BCUT2D eigenvalue weighted by Gasteiger charge is 2.41. The zero-order valence-corrected chi connectivity index (χ0v) is 8.17. The Balaban J connectivity index is 2.62. The van der Waals surface area contributed by atoms with Crippen LogP contribution in [-0.4, -0.2) is 40.1 Å². The van der Waals surface area contributed by atoms with Gasteiger partial charge in [-0.1, -0.05) is 12.0 Å². The third-order valence-electron chi connectivity index (χ3n) is 2.00. The third-order valence-corrected chi connectivity index (χ3v) is 2.00. The Morgan fingerprint density at radius 2 is 2.33 bits per heavy atom. The number of rotatable bonds is 3. The Kier molecular flexibility index (Phi) is 3.38. The van der Waals surface area contributed by atoms with Gasteiger partial charge in [0.2, 0.25) is 0 Å². The lowest BCUT2D eigenvalue weighted by atomic mass is 10.2. The van der Waals surface area contributed by atoms with Crippen molar-refractivity contribution in [3.05, 3.63) is 0 Å². The molecule has 7 heteroatoms. The Labute approximate surface area is 85.7 Å². The summed E-state index contributed by atoms with van der Waals surface area (Å²) in [6, 6.07) is -0.886. The van der Waals surface area contributed by atoms with Crippen molar-refractivity contribution >= 4 is 17.8 Å². The van der Waals surface area contributed by atoms with Gasteiger partial charge in [-0.2, -0.15) is 0 Å². The second kappa shape index (κ2) is 4.37. The molecule has 7 nitrogen and oxygen atoms in total. The predicted molar refractivity (Wildman–Crippen MR) is 46.8 cm³/mol. The molecule has 15 heavy (non-hydrogen) atoms. The standard InChI is InChI=1S/C8H12N2O5/c1-2-4(9)8(14)15-10-6(12)3-5(11)7(10)13/h4-5,11H,2-3,9H2,1H3. The summed E-state index contributed by atoms with van der Waals surface area (Å²) < 4.78 is 0. The summed E-state index contributed by atoms with van der Waals surface area (Å²) in [6.45, 7) is 1.66. The van der Waals surface area contributed by atoms with E-state index < -0.39 is 29.9 Å². The van der Waals surface area contributed by atoms with Crippen LogP contribution < -0.4 is 5.73 Å². The number of carbonyl (C=O) groups is 3. The van der Waals surface area contributed by atoms with Gasteiger partial charge in [0, 0.05) is 0 Å². The lowest BCUT2D eigenvalue weighted by Crippen LogP contribution is -2.40. The van der Waals surface area contributed by atoms with Crippen LogP contribution in [0.1, 0.15) is 19.8 Å².